The Bertz CT molecular complexity index is 714. The van der Waals surface area contributed by atoms with Gasteiger partial charge in [-0.2, -0.15) is 0 Å². The van der Waals surface area contributed by atoms with E-state index in [0.717, 1.165) is 5.56 Å². The predicted octanol–water partition coefficient (Wildman–Crippen LogP) is 1.61. The van der Waals surface area contributed by atoms with E-state index in [0.29, 0.717) is 23.1 Å². The van der Waals surface area contributed by atoms with Gasteiger partial charge in [-0.25, -0.2) is 8.42 Å². The lowest BCUT2D eigenvalue weighted by atomic mass is 10.2. The van der Waals surface area contributed by atoms with E-state index >= 15 is 0 Å². The highest BCUT2D eigenvalue weighted by Gasteiger charge is 2.27. The summed E-state index contributed by atoms with van der Waals surface area (Å²) in [6.07, 6.45) is 0.214. The van der Waals surface area contributed by atoms with Gasteiger partial charge in [-0.05, 0) is 40.0 Å². The number of fused-ring (bicyclic) bond motifs is 1. The zero-order valence-electron chi connectivity index (χ0n) is 11.3. The highest BCUT2D eigenvalue weighted by Crippen LogP contribution is 2.35. The van der Waals surface area contributed by atoms with Gasteiger partial charge in [-0.3, -0.25) is 9.59 Å². The molecule has 1 aromatic rings. The molecule has 0 fully saturated rings. The largest absolute Gasteiger partial charge is 0.481 e. The Balaban J connectivity index is 2.44. The second kappa shape index (κ2) is 5.76. The van der Waals surface area contributed by atoms with Gasteiger partial charge < -0.3 is 10.0 Å². The average Bonchev–Trinajstić information content (AvgIpc) is 2.78. The minimum Gasteiger partial charge on any atom is -0.481 e. The highest BCUT2D eigenvalue weighted by atomic mass is 79.9. The maximum Gasteiger partial charge on any atom is 0.304 e. The number of amides is 1. The normalized spacial score (nSPS) is 14.1. The second-order valence-electron chi connectivity index (χ2n) is 4.79. The van der Waals surface area contributed by atoms with Gasteiger partial charge in [0, 0.05) is 23.6 Å². The first-order valence-electron chi connectivity index (χ1n) is 6.27. The fourth-order valence-corrected chi connectivity index (χ4v) is 4.73. The Morgan fingerprint density at radius 1 is 1.38 bits per heavy atom. The molecule has 0 saturated carbocycles. The van der Waals surface area contributed by atoms with Crippen LogP contribution in [0.5, 0.6) is 0 Å². The van der Waals surface area contributed by atoms with Gasteiger partial charge in [-0.15, -0.1) is 0 Å². The summed E-state index contributed by atoms with van der Waals surface area (Å²) in [4.78, 5) is 23.7. The molecule has 114 valence electrons. The van der Waals surface area contributed by atoms with Crippen molar-refractivity contribution < 1.29 is 23.1 Å². The zero-order chi connectivity index (χ0) is 15.8. The molecule has 0 aliphatic carbocycles. The van der Waals surface area contributed by atoms with Crippen molar-refractivity contribution in [2.75, 3.05) is 17.2 Å². The molecule has 0 radical (unpaired) electrons. The molecule has 1 aliphatic rings. The van der Waals surface area contributed by atoms with Crippen molar-refractivity contribution >= 4 is 43.3 Å². The number of carboxylic acids is 1. The summed E-state index contributed by atoms with van der Waals surface area (Å²) in [5.74, 6) is -1.79. The number of carboxylic acid groups (broad SMARTS) is 1. The van der Waals surface area contributed by atoms with Gasteiger partial charge in [0.1, 0.15) is 0 Å². The zero-order valence-corrected chi connectivity index (χ0v) is 13.7. The highest BCUT2D eigenvalue weighted by molar-refractivity contribution is 9.10. The summed E-state index contributed by atoms with van der Waals surface area (Å²) in [5, 5.41) is 8.63. The SMILES string of the molecule is CC(=O)N1CCc2cc(Br)c(S(=O)(=O)CCC(=O)O)cc21. The molecule has 1 amide bonds. The third-order valence-corrected chi connectivity index (χ3v) is 6.00. The summed E-state index contributed by atoms with van der Waals surface area (Å²) in [5.41, 5.74) is 1.48. The summed E-state index contributed by atoms with van der Waals surface area (Å²) in [7, 11) is -3.72. The van der Waals surface area contributed by atoms with Gasteiger partial charge in [0.2, 0.25) is 5.91 Å². The van der Waals surface area contributed by atoms with Crippen LogP contribution in [0.25, 0.3) is 0 Å². The third-order valence-electron chi connectivity index (χ3n) is 3.33. The number of rotatable bonds is 4. The molecule has 0 bridgehead atoms. The molecule has 0 atom stereocenters. The van der Waals surface area contributed by atoms with Gasteiger partial charge in [0.15, 0.2) is 9.84 Å². The van der Waals surface area contributed by atoms with Crippen LogP contribution in [0.3, 0.4) is 0 Å². The smallest absolute Gasteiger partial charge is 0.304 e. The van der Waals surface area contributed by atoms with Crippen LogP contribution in [0.2, 0.25) is 0 Å². The molecule has 1 aromatic carbocycles. The summed E-state index contributed by atoms with van der Waals surface area (Å²) in [6.45, 7) is 1.95. The molecule has 1 heterocycles. The van der Waals surface area contributed by atoms with Crippen LogP contribution >= 0.6 is 15.9 Å². The van der Waals surface area contributed by atoms with Crippen molar-refractivity contribution in [1.82, 2.24) is 0 Å². The topological polar surface area (TPSA) is 91.8 Å². The lowest BCUT2D eigenvalue weighted by Gasteiger charge is -2.16. The van der Waals surface area contributed by atoms with E-state index in [1.807, 2.05) is 0 Å². The molecule has 1 N–H and O–H groups in total. The fourth-order valence-electron chi connectivity index (χ4n) is 2.29. The van der Waals surface area contributed by atoms with E-state index in [-0.39, 0.29) is 10.8 Å². The Morgan fingerprint density at radius 3 is 2.62 bits per heavy atom. The van der Waals surface area contributed by atoms with Gasteiger partial charge in [0.25, 0.3) is 0 Å². The lowest BCUT2D eigenvalue weighted by Crippen LogP contribution is -2.26. The number of halogens is 1. The number of sulfone groups is 1. The molecular weight excluding hydrogens is 362 g/mol. The minimum absolute atomic E-state index is 0.0238. The molecule has 21 heavy (non-hydrogen) atoms. The Kier molecular flexibility index (Phi) is 4.38. The number of benzene rings is 1. The van der Waals surface area contributed by atoms with Crippen LogP contribution in [-0.4, -0.2) is 37.7 Å². The van der Waals surface area contributed by atoms with Gasteiger partial charge in [0.05, 0.1) is 17.1 Å². The number of hydrogen-bond acceptors (Lipinski definition) is 4. The number of hydrogen-bond donors (Lipinski definition) is 1. The monoisotopic (exact) mass is 375 g/mol. The van der Waals surface area contributed by atoms with E-state index in [2.05, 4.69) is 15.9 Å². The van der Waals surface area contributed by atoms with Crippen molar-refractivity contribution in [2.24, 2.45) is 0 Å². The van der Waals surface area contributed by atoms with Crippen molar-refractivity contribution in [3.05, 3.63) is 22.2 Å². The Labute approximate surface area is 130 Å². The maximum absolute atomic E-state index is 12.2. The third kappa shape index (κ3) is 3.26. The van der Waals surface area contributed by atoms with E-state index in [9.17, 15) is 18.0 Å². The average molecular weight is 376 g/mol. The first-order chi connectivity index (χ1) is 9.72. The molecule has 0 aromatic heterocycles. The molecular formula is C13H14BrNO5S. The first kappa shape index (κ1) is 16.0. The van der Waals surface area contributed by atoms with Crippen LogP contribution in [0.15, 0.2) is 21.5 Å². The minimum atomic E-state index is -3.72. The van der Waals surface area contributed by atoms with E-state index in [1.165, 1.54) is 17.9 Å². The molecule has 1 aliphatic heterocycles. The molecule has 0 unspecified atom stereocenters. The maximum atomic E-state index is 12.2. The van der Waals surface area contributed by atoms with Crippen LogP contribution in [0.1, 0.15) is 18.9 Å². The van der Waals surface area contributed by atoms with E-state index in [4.69, 9.17) is 5.11 Å². The summed E-state index contributed by atoms with van der Waals surface area (Å²) in [6, 6.07) is 3.14. The number of carbonyl (C=O) groups excluding carboxylic acids is 1. The van der Waals surface area contributed by atoms with E-state index in [1.54, 1.807) is 6.07 Å². The predicted molar refractivity (Wildman–Crippen MR) is 80.2 cm³/mol. The lowest BCUT2D eigenvalue weighted by molar-refractivity contribution is -0.136. The van der Waals surface area contributed by atoms with Crippen LogP contribution in [0.4, 0.5) is 5.69 Å². The number of aliphatic carboxylic acids is 1. The molecule has 6 nitrogen and oxygen atoms in total. The molecule has 0 saturated heterocycles. The van der Waals surface area contributed by atoms with Crippen molar-refractivity contribution in [3.63, 3.8) is 0 Å². The van der Waals surface area contributed by atoms with Crippen molar-refractivity contribution in [1.29, 1.82) is 0 Å². The van der Waals surface area contributed by atoms with Crippen LogP contribution < -0.4 is 4.90 Å². The summed E-state index contributed by atoms with van der Waals surface area (Å²) < 4.78 is 24.9. The number of carbonyl (C=O) groups is 2. The van der Waals surface area contributed by atoms with E-state index < -0.39 is 28.0 Å². The van der Waals surface area contributed by atoms with Crippen molar-refractivity contribution in [2.45, 2.75) is 24.7 Å². The number of nitrogens with zero attached hydrogens (tertiary/aromatic N) is 1. The standard InChI is InChI=1S/C13H14BrNO5S/c1-8(16)15-4-2-9-6-10(14)12(7-11(9)15)21(19,20)5-3-13(17)18/h6-7H,2-5H2,1H3,(H,17,18). The number of anilines is 1. The second-order valence-corrected chi connectivity index (χ2v) is 7.73. The van der Waals surface area contributed by atoms with Crippen LogP contribution in [0, 0.1) is 0 Å². The Morgan fingerprint density at radius 2 is 2.05 bits per heavy atom. The quantitative estimate of drug-likeness (QED) is 0.862. The first-order valence-corrected chi connectivity index (χ1v) is 8.72. The molecule has 8 heteroatoms. The Hall–Kier alpha value is -1.41. The summed E-state index contributed by atoms with van der Waals surface area (Å²) >= 11 is 3.22. The van der Waals surface area contributed by atoms with Gasteiger partial charge >= 0.3 is 5.97 Å². The van der Waals surface area contributed by atoms with Crippen LogP contribution in [-0.2, 0) is 25.8 Å². The van der Waals surface area contributed by atoms with Crippen molar-refractivity contribution in [3.8, 4) is 0 Å². The van der Waals surface area contributed by atoms with Gasteiger partial charge in [-0.1, -0.05) is 0 Å². The molecule has 0 spiro atoms. The molecule has 2 rings (SSSR count). The fraction of sp³-hybridized carbons (Fsp3) is 0.385.